The minimum absolute atomic E-state index is 0.677. The molecule has 3 rings (SSSR count). The van der Waals surface area contributed by atoms with Gasteiger partial charge in [-0.2, -0.15) is 0 Å². The number of carbonyl (C=O) groups is 1. The number of ether oxygens (including phenoxy) is 2. The number of nitrogens with zero attached hydrogens (tertiary/aromatic N) is 1. The van der Waals surface area contributed by atoms with E-state index in [2.05, 4.69) is 4.98 Å². The van der Waals surface area contributed by atoms with E-state index in [0.29, 0.717) is 17.1 Å². The zero-order valence-corrected chi connectivity index (χ0v) is 13.1. The Kier molecular flexibility index (Phi) is 4.24. The molecule has 0 bridgehead atoms. The van der Waals surface area contributed by atoms with Crippen LogP contribution in [0.1, 0.15) is 21.5 Å². The quantitative estimate of drug-likeness (QED) is 0.675. The number of fused-ring (bicyclic) bond motifs is 1. The second-order valence-electron chi connectivity index (χ2n) is 5.26. The van der Waals surface area contributed by atoms with Crippen molar-refractivity contribution < 1.29 is 14.3 Å². The van der Waals surface area contributed by atoms with Gasteiger partial charge in [0, 0.05) is 23.3 Å². The zero-order valence-electron chi connectivity index (χ0n) is 13.1. The van der Waals surface area contributed by atoms with E-state index < -0.39 is 0 Å². The summed E-state index contributed by atoms with van der Waals surface area (Å²) < 4.78 is 10.7. The predicted octanol–water partition coefficient (Wildman–Crippen LogP) is 3.66. The van der Waals surface area contributed by atoms with Crippen molar-refractivity contribution in [1.82, 2.24) is 4.98 Å². The van der Waals surface area contributed by atoms with Crippen molar-refractivity contribution in [3.63, 3.8) is 0 Å². The maximum absolute atomic E-state index is 10.7. The zero-order chi connectivity index (χ0) is 16.2. The maximum atomic E-state index is 10.7. The van der Waals surface area contributed by atoms with Crippen LogP contribution in [0.5, 0.6) is 11.5 Å². The van der Waals surface area contributed by atoms with E-state index in [9.17, 15) is 4.79 Å². The summed E-state index contributed by atoms with van der Waals surface area (Å²) in [5, 5.41) is 2.08. The van der Waals surface area contributed by atoms with Gasteiger partial charge in [0.05, 0.1) is 14.2 Å². The highest BCUT2D eigenvalue weighted by molar-refractivity contribution is 5.88. The second kappa shape index (κ2) is 6.48. The Morgan fingerprint density at radius 3 is 2.35 bits per heavy atom. The van der Waals surface area contributed by atoms with E-state index in [4.69, 9.17) is 9.47 Å². The third kappa shape index (κ3) is 3.01. The fraction of sp³-hybridized carbons (Fsp3) is 0.158. The van der Waals surface area contributed by atoms with Gasteiger partial charge >= 0.3 is 0 Å². The largest absolute Gasteiger partial charge is 0.493 e. The van der Waals surface area contributed by atoms with Crippen LogP contribution in [0, 0.1) is 0 Å². The highest BCUT2D eigenvalue weighted by atomic mass is 16.5. The topological polar surface area (TPSA) is 48.4 Å². The van der Waals surface area contributed by atoms with Crippen molar-refractivity contribution in [2.45, 2.75) is 6.42 Å². The standard InChI is InChI=1S/C19H17NO3/c1-22-18-8-16-11-20-10-15(17(16)9-19(18)23-2)7-13-3-5-14(12-21)6-4-13/h3-6,8-12H,7H2,1-2H3. The number of hydrogen-bond donors (Lipinski definition) is 0. The van der Waals surface area contributed by atoms with Crippen LogP contribution < -0.4 is 9.47 Å². The monoisotopic (exact) mass is 307 g/mol. The van der Waals surface area contributed by atoms with Gasteiger partial charge in [0.15, 0.2) is 11.5 Å². The number of carbonyl (C=O) groups excluding carboxylic acids is 1. The first-order valence-electron chi connectivity index (χ1n) is 7.28. The van der Waals surface area contributed by atoms with E-state index in [1.54, 1.807) is 14.2 Å². The summed E-state index contributed by atoms with van der Waals surface area (Å²) in [5.74, 6) is 1.39. The van der Waals surface area contributed by atoms with E-state index >= 15 is 0 Å². The Morgan fingerprint density at radius 1 is 1.00 bits per heavy atom. The normalized spacial score (nSPS) is 10.5. The minimum Gasteiger partial charge on any atom is -0.493 e. The number of hydrogen-bond acceptors (Lipinski definition) is 4. The average Bonchev–Trinajstić information content (AvgIpc) is 2.61. The van der Waals surface area contributed by atoms with Crippen LogP contribution in [-0.4, -0.2) is 25.5 Å². The molecule has 0 fully saturated rings. The molecule has 0 saturated carbocycles. The van der Waals surface area contributed by atoms with Crippen molar-refractivity contribution in [1.29, 1.82) is 0 Å². The number of aldehydes is 1. The SMILES string of the molecule is COc1cc2cncc(Cc3ccc(C=O)cc3)c2cc1OC. The van der Waals surface area contributed by atoms with Crippen molar-refractivity contribution >= 4 is 17.1 Å². The first-order valence-corrected chi connectivity index (χ1v) is 7.28. The Hall–Kier alpha value is -2.88. The molecular weight excluding hydrogens is 290 g/mol. The molecule has 0 aliphatic carbocycles. The van der Waals surface area contributed by atoms with Crippen LogP contribution in [0.3, 0.4) is 0 Å². The summed E-state index contributed by atoms with van der Waals surface area (Å²) in [6.07, 6.45) is 5.26. The Bertz CT molecular complexity index is 841. The van der Waals surface area contributed by atoms with Crippen molar-refractivity contribution in [2.24, 2.45) is 0 Å². The molecule has 4 nitrogen and oxygen atoms in total. The second-order valence-corrected chi connectivity index (χ2v) is 5.26. The molecule has 116 valence electrons. The number of methoxy groups -OCH3 is 2. The summed E-state index contributed by atoms with van der Waals surface area (Å²) in [4.78, 5) is 15.1. The molecular formula is C19H17NO3. The fourth-order valence-corrected chi connectivity index (χ4v) is 2.63. The average molecular weight is 307 g/mol. The van der Waals surface area contributed by atoms with Crippen LogP contribution in [0.25, 0.3) is 10.8 Å². The number of aromatic nitrogens is 1. The van der Waals surface area contributed by atoms with Gasteiger partial charge < -0.3 is 9.47 Å². The van der Waals surface area contributed by atoms with Gasteiger partial charge in [0.1, 0.15) is 6.29 Å². The summed E-state index contributed by atoms with van der Waals surface area (Å²) in [5.41, 5.74) is 2.90. The lowest BCUT2D eigenvalue weighted by molar-refractivity contribution is 0.112. The first kappa shape index (κ1) is 15.0. The van der Waals surface area contributed by atoms with Crippen LogP contribution in [0.2, 0.25) is 0 Å². The van der Waals surface area contributed by atoms with E-state index in [1.807, 2.05) is 48.8 Å². The summed E-state index contributed by atoms with van der Waals surface area (Å²) in [7, 11) is 3.25. The molecule has 0 saturated heterocycles. The van der Waals surface area contributed by atoms with E-state index in [-0.39, 0.29) is 0 Å². The Balaban J connectivity index is 2.04. The van der Waals surface area contributed by atoms with Crippen LogP contribution >= 0.6 is 0 Å². The molecule has 1 aromatic heterocycles. The molecule has 0 radical (unpaired) electrons. The molecule has 4 heteroatoms. The van der Waals surface area contributed by atoms with E-state index in [1.165, 1.54) is 0 Å². The Morgan fingerprint density at radius 2 is 1.70 bits per heavy atom. The van der Waals surface area contributed by atoms with Gasteiger partial charge in [-0.1, -0.05) is 24.3 Å². The third-order valence-electron chi connectivity index (χ3n) is 3.86. The molecule has 0 spiro atoms. The molecule has 0 aliphatic heterocycles. The number of benzene rings is 2. The van der Waals surface area contributed by atoms with Crippen molar-refractivity contribution in [3.8, 4) is 11.5 Å². The first-order chi connectivity index (χ1) is 11.2. The Labute approximate surface area is 134 Å². The third-order valence-corrected chi connectivity index (χ3v) is 3.86. The number of rotatable bonds is 5. The molecule has 0 amide bonds. The highest BCUT2D eigenvalue weighted by Crippen LogP contribution is 2.33. The molecule has 1 heterocycles. The summed E-state index contributed by atoms with van der Waals surface area (Å²) in [6, 6.07) is 11.5. The fourth-order valence-electron chi connectivity index (χ4n) is 2.63. The van der Waals surface area contributed by atoms with Crippen LogP contribution in [-0.2, 0) is 6.42 Å². The minimum atomic E-state index is 0.677. The molecule has 23 heavy (non-hydrogen) atoms. The smallest absolute Gasteiger partial charge is 0.161 e. The lowest BCUT2D eigenvalue weighted by Crippen LogP contribution is -1.95. The van der Waals surface area contributed by atoms with Gasteiger partial charge in [0.25, 0.3) is 0 Å². The lowest BCUT2D eigenvalue weighted by Gasteiger charge is -2.12. The highest BCUT2D eigenvalue weighted by Gasteiger charge is 2.10. The molecule has 0 unspecified atom stereocenters. The van der Waals surface area contributed by atoms with Gasteiger partial charge in [-0.05, 0) is 35.1 Å². The summed E-state index contributed by atoms with van der Waals surface area (Å²) >= 11 is 0. The summed E-state index contributed by atoms with van der Waals surface area (Å²) in [6.45, 7) is 0. The molecule has 2 aromatic carbocycles. The van der Waals surface area contributed by atoms with Crippen LogP contribution in [0.4, 0.5) is 0 Å². The van der Waals surface area contributed by atoms with Gasteiger partial charge in [-0.3, -0.25) is 9.78 Å². The molecule has 0 atom stereocenters. The number of pyridine rings is 1. The molecule has 0 aliphatic rings. The lowest BCUT2D eigenvalue weighted by atomic mass is 10.00. The van der Waals surface area contributed by atoms with Crippen LogP contribution in [0.15, 0.2) is 48.8 Å². The van der Waals surface area contributed by atoms with E-state index in [0.717, 1.165) is 34.6 Å². The van der Waals surface area contributed by atoms with Gasteiger partial charge in [0.2, 0.25) is 0 Å². The maximum Gasteiger partial charge on any atom is 0.161 e. The molecule has 0 N–H and O–H groups in total. The van der Waals surface area contributed by atoms with Gasteiger partial charge in [-0.15, -0.1) is 0 Å². The predicted molar refractivity (Wildman–Crippen MR) is 89.5 cm³/mol. The molecule has 3 aromatic rings. The van der Waals surface area contributed by atoms with Gasteiger partial charge in [-0.25, -0.2) is 0 Å². The van der Waals surface area contributed by atoms with Crippen molar-refractivity contribution in [3.05, 3.63) is 65.5 Å². The van der Waals surface area contributed by atoms with Crippen molar-refractivity contribution in [2.75, 3.05) is 14.2 Å².